The van der Waals surface area contributed by atoms with Crippen LogP contribution in [0.3, 0.4) is 0 Å². The van der Waals surface area contributed by atoms with Gasteiger partial charge in [-0.25, -0.2) is 0 Å². The van der Waals surface area contributed by atoms with E-state index in [-0.39, 0.29) is 5.91 Å². The Labute approximate surface area is 152 Å². The molecular weight excluding hydrogens is 330 g/mol. The van der Waals surface area contributed by atoms with Gasteiger partial charge in [0.1, 0.15) is 0 Å². The molecule has 0 aliphatic heterocycles. The fourth-order valence-electron chi connectivity index (χ4n) is 2.92. The molecule has 0 saturated heterocycles. The topological polar surface area (TPSA) is 89.7 Å². The number of anilines is 2. The molecule has 3 heterocycles. The number of amides is 1. The Kier molecular flexibility index (Phi) is 4.75. The van der Waals surface area contributed by atoms with Crippen LogP contribution in [0, 0.1) is 13.8 Å². The molecule has 8 heteroatoms. The van der Waals surface area contributed by atoms with Crippen LogP contribution in [0.2, 0.25) is 0 Å². The van der Waals surface area contributed by atoms with Gasteiger partial charge in [-0.15, -0.1) is 0 Å². The van der Waals surface area contributed by atoms with Crippen molar-refractivity contribution in [1.29, 1.82) is 0 Å². The predicted molar refractivity (Wildman–Crippen MR) is 101 cm³/mol. The van der Waals surface area contributed by atoms with Crippen molar-refractivity contribution in [3.05, 3.63) is 41.5 Å². The van der Waals surface area contributed by atoms with E-state index >= 15 is 0 Å². The first-order valence-electron chi connectivity index (χ1n) is 8.35. The van der Waals surface area contributed by atoms with Crippen LogP contribution >= 0.6 is 0 Å². The minimum Gasteiger partial charge on any atom is -0.380 e. The fourth-order valence-corrected chi connectivity index (χ4v) is 2.92. The van der Waals surface area contributed by atoms with Crippen LogP contribution < -0.4 is 10.6 Å². The number of carbonyl (C=O) groups is 1. The largest absolute Gasteiger partial charge is 0.380 e. The van der Waals surface area contributed by atoms with Crippen LogP contribution in [0.4, 0.5) is 11.5 Å². The van der Waals surface area contributed by atoms with Crippen molar-refractivity contribution in [3.8, 4) is 11.3 Å². The van der Waals surface area contributed by atoms with E-state index < -0.39 is 0 Å². The van der Waals surface area contributed by atoms with E-state index in [1.54, 1.807) is 17.1 Å². The fraction of sp³-hybridized carbons (Fsp3) is 0.333. The Hall–Kier alpha value is -3.16. The quantitative estimate of drug-likeness (QED) is 0.735. The summed E-state index contributed by atoms with van der Waals surface area (Å²) in [7, 11) is 3.78. The molecule has 0 saturated carbocycles. The second-order valence-corrected chi connectivity index (χ2v) is 6.31. The molecule has 136 valence electrons. The summed E-state index contributed by atoms with van der Waals surface area (Å²) >= 11 is 0. The smallest absolute Gasteiger partial charge is 0.222 e. The van der Waals surface area contributed by atoms with Gasteiger partial charge < -0.3 is 10.6 Å². The number of pyridine rings is 1. The van der Waals surface area contributed by atoms with Crippen molar-refractivity contribution in [3.63, 3.8) is 0 Å². The molecule has 0 bridgehead atoms. The number of nitrogens with zero attached hydrogens (tertiary/aromatic N) is 5. The number of hydrogen-bond acceptors (Lipinski definition) is 5. The maximum absolute atomic E-state index is 11.2. The van der Waals surface area contributed by atoms with Gasteiger partial charge in [0, 0.05) is 62.8 Å². The van der Waals surface area contributed by atoms with E-state index in [1.807, 2.05) is 37.8 Å². The molecular formula is C18H23N7O. The van der Waals surface area contributed by atoms with Crippen molar-refractivity contribution in [1.82, 2.24) is 24.5 Å². The van der Waals surface area contributed by atoms with Crippen LogP contribution in [-0.2, 0) is 25.4 Å². The SMILES string of the molecule is CC(=O)Nc1cc(-c2cncc(NCc3c(C)nn(C)c3C)c2)n(C)n1. The van der Waals surface area contributed by atoms with Crippen LogP contribution in [0.5, 0.6) is 0 Å². The third-order valence-corrected chi connectivity index (χ3v) is 4.35. The van der Waals surface area contributed by atoms with Crippen molar-refractivity contribution in [2.24, 2.45) is 14.1 Å². The van der Waals surface area contributed by atoms with Crippen LogP contribution in [-0.4, -0.2) is 30.5 Å². The lowest BCUT2D eigenvalue weighted by atomic mass is 10.1. The lowest BCUT2D eigenvalue weighted by Gasteiger charge is -2.09. The highest BCUT2D eigenvalue weighted by atomic mass is 16.1. The molecule has 3 aromatic rings. The zero-order chi connectivity index (χ0) is 18.8. The Morgan fingerprint density at radius 1 is 1.12 bits per heavy atom. The minimum absolute atomic E-state index is 0.148. The molecule has 26 heavy (non-hydrogen) atoms. The Morgan fingerprint density at radius 2 is 1.88 bits per heavy atom. The Bertz CT molecular complexity index is 955. The van der Waals surface area contributed by atoms with E-state index in [0.29, 0.717) is 12.4 Å². The summed E-state index contributed by atoms with van der Waals surface area (Å²) in [4.78, 5) is 15.5. The van der Waals surface area contributed by atoms with Gasteiger partial charge in [0.05, 0.1) is 17.1 Å². The van der Waals surface area contributed by atoms with Crippen molar-refractivity contribution >= 4 is 17.4 Å². The molecule has 0 atom stereocenters. The third kappa shape index (κ3) is 3.58. The van der Waals surface area contributed by atoms with Crippen LogP contribution in [0.1, 0.15) is 23.9 Å². The molecule has 1 amide bonds. The van der Waals surface area contributed by atoms with E-state index in [0.717, 1.165) is 28.3 Å². The maximum Gasteiger partial charge on any atom is 0.222 e. The van der Waals surface area contributed by atoms with Gasteiger partial charge in [-0.1, -0.05) is 0 Å². The highest BCUT2D eigenvalue weighted by Crippen LogP contribution is 2.24. The summed E-state index contributed by atoms with van der Waals surface area (Å²) in [5.41, 5.74) is 6.05. The molecule has 0 unspecified atom stereocenters. The van der Waals surface area contributed by atoms with E-state index in [1.165, 1.54) is 12.5 Å². The standard InChI is InChI=1S/C18H23N7O/c1-11-16(12(2)24(4)22-11)10-20-15-6-14(8-19-9-15)17-7-18(21-13(3)26)23-25(17)5/h6-9,20H,10H2,1-5H3,(H,21,23,26). The zero-order valence-corrected chi connectivity index (χ0v) is 15.7. The van der Waals surface area contributed by atoms with Gasteiger partial charge >= 0.3 is 0 Å². The number of nitrogens with one attached hydrogen (secondary N) is 2. The third-order valence-electron chi connectivity index (χ3n) is 4.35. The molecule has 2 N–H and O–H groups in total. The number of aromatic nitrogens is 5. The van der Waals surface area contributed by atoms with Gasteiger partial charge in [0.15, 0.2) is 5.82 Å². The molecule has 8 nitrogen and oxygen atoms in total. The highest BCUT2D eigenvalue weighted by molar-refractivity contribution is 5.88. The van der Waals surface area contributed by atoms with E-state index in [9.17, 15) is 4.79 Å². The minimum atomic E-state index is -0.148. The summed E-state index contributed by atoms with van der Waals surface area (Å²) < 4.78 is 3.61. The van der Waals surface area contributed by atoms with E-state index in [2.05, 4.69) is 32.7 Å². The van der Waals surface area contributed by atoms with Gasteiger partial charge in [0.2, 0.25) is 5.91 Å². The van der Waals surface area contributed by atoms with Gasteiger partial charge in [0.25, 0.3) is 0 Å². The normalized spacial score (nSPS) is 10.8. The summed E-state index contributed by atoms with van der Waals surface area (Å²) in [6.45, 7) is 6.21. The molecule has 0 aliphatic carbocycles. The average Bonchev–Trinajstić information content (AvgIpc) is 3.05. The number of carbonyl (C=O) groups excluding carboxylic acids is 1. The van der Waals surface area contributed by atoms with Gasteiger partial charge in [-0.2, -0.15) is 10.2 Å². The Morgan fingerprint density at radius 3 is 2.54 bits per heavy atom. The van der Waals surface area contributed by atoms with Crippen molar-refractivity contribution < 1.29 is 4.79 Å². The van der Waals surface area contributed by atoms with Crippen molar-refractivity contribution in [2.75, 3.05) is 10.6 Å². The summed E-state index contributed by atoms with van der Waals surface area (Å²) in [5.74, 6) is 0.375. The van der Waals surface area contributed by atoms with Crippen LogP contribution in [0.25, 0.3) is 11.3 Å². The zero-order valence-electron chi connectivity index (χ0n) is 15.7. The van der Waals surface area contributed by atoms with Crippen LogP contribution in [0.15, 0.2) is 24.5 Å². The van der Waals surface area contributed by atoms with Gasteiger partial charge in [-0.05, 0) is 19.9 Å². The van der Waals surface area contributed by atoms with E-state index in [4.69, 9.17) is 0 Å². The summed E-state index contributed by atoms with van der Waals surface area (Å²) in [5, 5.41) is 14.8. The lowest BCUT2D eigenvalue weighted by Crippen LogP contribution is -2.06. The van der Waals surface area contributed by atoms with Gasteiger partial charge in [-0.3, -0.25) is 19.1 Å². The molecule has 0 fully saturated rings. The summed E-state index contributed by atoms with van der Waals surface area (Å²) in [6.07, 6.45) is 3.57. The molecule has 0 spiro atoms. The molecule has 0 aromatic carbocycles. The molecule has 3 aromatic heterocycles. The predicted octanol–water partition coefficient (Wildman–Crippen LogP) is 2.40. The first-order chi connectivity index (χ1) is 12.3. The average molecular weight is 353 g/mol. The highest BCUT2D eigenvalue weighted by Gasteiger charge is 2.11. The number of rotatable bonds is 5. The maximum atomic E-state index is 11.2. The first-order valence-corrected chi connectivity index (χ1v) is 8.35. The van der Waals surface area contributed by atoms with Crippen molar-refractivity contribution in [2.45, 2.75) is 27.3 Å². The second-order valence-electron chi connectivity index (χ2n) is 6.31. The molecule has 0 aliphatic rings. The summed E-state index contributed by atoms with van der Waals surface area (Å²) in [6, 6.07) is 3.85. The lowest BCUT2D eigenvalue weighted by molar-refractivity contribution is -0.114. The monoisotopic (exact) mass is 353 g/mol. The molecule has 0 radical (unpaired) electrons. The second kappa shape index (κ2) is 6.99. The Balaban J connectivity index is 1.80. The first kappa shape index (κ1) is 17.7. The molecule has 3 rings (SSSR count). The number of hydrogen-bond donors (Lipinski definition) is 2. The number of aryl methyl sites for hydroxylation is 3.